The number of carbonyl (C=O) groups is 1. The molecule has 1 aromatic heterocycles. The molecule has 1 aliphatic rings. The zero-order chi connectivity index (χ0) is 31.5. The third-order valence-electron chi connectivity index (χ3n) is 7.12. The molecule has 3 aromatic carbocycles. The van der Waals surface area contributed by atoms with E-state index in [0.29, 0.717) is 41.6 Å². The first-order valence-corrected chi connectivity index (χ1v) is 15.8. The van der Waals surface area contributed by atoms with Crippen molar-refractivity contribution in [2.45, 2.75) is 26.5 Å². The Morgan fingerprint density at radius 2 is 1.89 bits per heavy atom. The molecule has 0 spiro atoms. The van der Waals surface area contributed by atoms with Crippen molar-refractivity contribution >= 4 is 56.6 Å². The van der Waals surface area contributed by atoms with Crippen molar-refractivity contribution in [3.8, 4) is 11.5 Å². The van der Waals surface area contributed by atoms with Crippen LogP contribution < -0.4 is 29.3 Å². The minimum absolute atomic E-state index is 0.209. The summed E-state index contributed by atoms with van der Waals surface area (Å²) in [6.07, 6.45) is 1.78. The molecule has 0 unspecified atom stereocenters. The topological polar surface area (TPSA) is 82.4 Å². The highest BCUT2D eigenvalue weighted by molar-refractivity contribution is 9.10. The van der Waals surface area contributed by atoms with Gasteiger partial charge in [0, 0.05) is 30.4 Å². The Morgan fingerprint density at radius 1 is 1.16 bits per heavy atom. The average molecular weight is 697 g/mol. The number of fused-ring (bicyclic) bond motifs is 1. The fourth-order valence-corrected chi connectivity index (χ4v) is 6.75. The summed E-state index contributed by atoms with van der Waals surface area (Å²) in [7, 11) is 5.47. The molecule has 0 amide bonds. The number of halogens is 2. The Kier molecular flexibility index (Phi) is 9.62. The van der Waals surface area contributed by atoms with Crippen molar-refractivity contribution in [3.63, 3.8) is 0 Å². The van der Waals surface area contributed by atoms with Crippen LogP contribution in [0.4, 0.5) is 5.69 Å². The van der Waals surface area contributed by atoms with Crippen LogP contribution >= 0.6 is 38.9 Å². The molecule has 44 heavy (non-hydrogen) atoms. The molecule has 5 rings (SSSR count). The molecule has 0 saturated heterocycles. The van der Waals surface area contributed by atoms with Crippen LogP contribution in [-0.4, -0.2) is 38.3 Å². The van der Waals surface area contributed by atoms with E-state index in [-0.39, 0.29) is 18.8 Å². The molecule has 2 heterocycles. The van der Waals surface area contributed by atoms with Crippen LogP contribution in [-0.2, 0) is 16.1 Å². The zero-order valence-electron chi connectivity index (χ0n) is 24.9. The van der Waals surface area contributed by atoms with E-state index in [2.05, 4.69) is 20.9 Å². The maximum atomic E-state index is 14.0. The third kappa shape index (κ3) is 6.33. The summed E-state index contributed by atoms with van der Waals surface area (Å²) in [6.45, 7) is 3.99. The summed E-state index contributed by atoms with van der Waals surface area (Å²) in [6, 6.07) is 18.2. The predicted molar refractivity (Wildman–Crippen MR) is 178 cm³/mol. The van der Waals surface area contributed by atoms with E-state index in [1.54, 1.807) is 37.7 Å². The maximum Gasteiger partial charge on any atom is 0.338 e. The number of esters is 1. The Bertz CT molecular complexity index is 1930. The molecule has 4 aromatic rings. The Labute approximate surface area is 272 Å². The quantitative estimate of drug-likeness (QED) is 0.204. The van der Waals surface area contributed by atoms with Gasteiger partial charge in [0.1, 0.15) is 6.61 Å². The van der Waals surface area contributed by atoms with Gasteiger partial charge in [0.2, 0.25) is 0 Å². The number of hydrogen-bond donors (Lipinski definition) is 0. The summed E-state index contributed by atoms with van der Waals surface area (Å²) in [5.74, 6) is 0.511. The number of aromatic nitrogens is 1. The molecule has 0 radical (unpaired) electrons. The number of hydrogen-bond acceptors (Lipinski definition) is 8. The highest BCUT2D eigenvalue weighted by atomic mass is 79.9. The zero-order valence-corrected chi connectivity index (χ0v) is 28.0. The molecule has 1 atom stereocenters. The van der Waals surface area contributed by atoms with Crippen molar-refractivity contribution in [2.24, 2.45) is 4.99 Å². The largest absolute Gasteiger partial charge is 0.493 e. The molecular weight excluding hydrogens is 666 g/mol. The van der Waals surface area contributed by atoms with Crippen molar-refractivity contribution < 1.29 is 19.0 Å². The lowest BCUT2D eigenvalue weighted by Crippen LogP contribution is -2.39. The normalized spacial score (nSPS) is 14.6. The first-order valence-electron chi connectivity index (χ1n) is 13.8. The number of rotatable bonds is 9. The van der Waals surface area contributed by atoms with E-state index in [0.717, 1.165) is 22.4 Å². The second kappa shape index (κ2) is 13.4. The Balaban J connectivity index is 1.58. The molecule has 0 bridgehead atoms. The summed E-state index contributed by atoms with van der Waals surface area (Å²) >= 11 is 11.2. The number of thiazole rings is 1. The molecule has 0 fully saturated rings. The average Bonchev–Trinajstić information content (AvgIpc) is 3.30. The van der Waals surface area contributed by atoms with Crippen molar-refractivity contribution in [1.82, 2.24) is 4.57 Å². The fourth-order valence-electron chi connectivity index (χ4n) is 4.94. The van der Waals surface area contributed by atoms with Crippen LogP contribution in [0.15, 0.2) is 86.2 Å². The van der Waals surface area contributed by atoms with Gasteiger partial charge in [-0.15, -0.1) is 0 Å². The lowest BCUT2D eigenvalue weighted by atomic mass is 9.95. The van der Waals surface area contributed by atoms with Gasteiger partial charge >= 0.3 is 5.97 Å². The number of allylic oxidation sites excluding steroid dienone is 1. The van der Waals surface area contributed by atoms with E-state index in [9.17, 15) is 9.59 Å². The van der Waals surface area contributed by atoms with Crippen LogP contribution in [0.25, 0.3) is 6.08 Å². The molecule has 11 heteroatoms. The SMILES string of the molecule is CCOC(=O)C1=C(C)N=c2s/c(=C\c3cc(Br)c(OCc4ccccc4Cl)c(OC)c3)c(=O)n2[C@H]1c1ccc(N(C)C)cc1. The Morgan fingerprint density at radius 3 is 2.55 bits per heavy atom. The van der Waals surface area contributed by atoms with E-state index < -0.39 is 12.0 Å². The minimum Gasteiger partial charge on any atom is -0.493 e. The molecule has 0 aliphatic carbocycles. The fraction of sp³-hybridized carbons (Fsp3) is 0.242. The van der Waals surface area contributed by atoms with Gasteiger partial charge in [-0.2, -0.15) is 0 Å². The van der Waals surface area contributed by atoms with Gasteiger partial charge in [0.25, 0.3) is 5.56 Å². The van der Waals surface area contributed by atoms with E-state index in [1.165, 1.54) is 11.3 Å². The Hall–Kier alpha value is -3.86. The second-order valence-corrected chi connectivity index (χ2v) is 12.5. The van der Waals surface area contributed by atoms with Crippen LogP contribution in [0.5, 0.6) is 11.5 Å². The van der Waals surface area contributed by atoms with Crippen LogP contribution in [0.3, 0.4) is 0 Å². The lowest BCUT2D eigenvalue weighted by molar-refractivity contribution is -0.139. The first kappa shape index (κ1) is 31.6. The number of anilines is 1. The standard InChI is InChI=1S/C33H31BrClN3O5S/c1-6-42-32(40)28-19(2)36-33-38(29(28)21-11-13-23(14-12-21)37(3)4)31(39)27(44-33)17-20-15-24(34)30(26(16-20)41-5)43-18-22-9-7-8-10-25(22)35/h7-17,29H,6,18H2,1-5H3/b27-17-/t29-/m0/s1. The lowest BCUT2D eigenvalue weighted by Gasteiger charge is -2.25. The number of nitrogens with zero attached hydrogens (tertiary/aromatic N) is 3. The van der Waals surface area contributed by atoms with Crippen LogP contribution in [0, 0.1) is 0 Å². The van der Waals surface area contributed by atoms with Gasteiger partial charge in [-0.05, 0) is 77.3 Å². The third-order valence-corrected chi connectivity index (χ3v) is 9.06. The molecule has 1 aliphatic heterocycles. The van der Waals surface area contributed by atoms with Crippen molar-refractivity contribution in [2.75, 3.05) is 32.7 Å². The molecule has 0 saturated carbocycles. The van der Waals surface area contributed by atoms with Gasteiger partial charge in [-0.25, -0.2) is 9.79 Å². The summed E-state index contributed by atoms with van der Waals surface area (Å²) in [5, 5.41) is 0.614. The van der Waals surface area contributed by atoms with Gasteiger partial charge < -0.3 is 19.1 Å². The van der Waals surface area contributed by atoms with Gasteiger partial charge in [-0.1, -0.05) is 53.3 Å². The first-order chi connectivity index (χ1) is 21.1. The summed E-state index contributed by atoms with van der Waals surface area (Å²) < 4.78 is 19.8. The smallest absolute Gasteiger partial charge is 0.338 e. The monoisotopic (exact) mass is 695 g/mol. The number of ether oxygens (including phenoxy) is 3. The van der Waals surface area contributed by atoms with Crippen LogP contribution in [0.2, 0.25) is 5.02 Å². The number of benzene rings is 3. The number of carbonyl (C=O) groups excluding carboxylic acids is 1. The van der Waals surface area contributed by atoms with E-state index >= 15 is 0 Å². The van der Waals surface area contributed by atoms with Gasteiger partial charge in [-0.3, -0.25) is 9.36 Å². The molecular formula is C33H31BrClN3O5S. The second-order valence-electron chi connectivity index (χ2n) is 10.2. The minimum atomic E-state index is -0.689. The maximum absolute atomic E-state index is 14.0. The van der Waals surface area contributed by atoms with Crippen molar-refractivity contribution in [3.05, 3.63) is 118 Å². The summed E-state index contributed by atoms with van der Waals surface area (Å²) in [5.41, 5.74) is 3.94. The highest BCUT2D eigenvalue weighted by Crippen LogP contribution is 2.38. The molecule has 0 N–H and O–H groups in total. The predicted octanol–water partition coefficient (Wildman–Crippen LogP) is 5.87. The van der Waals surface area contributed by atoms with Gasteiger partial charge in [0.15, 0.2) is 16.3 Å². The van der Waals surface area contributed by atoms with Crippen molar-refractivity contribution in [1.29, 1.82) is 0 Å². The molecule has 228 valence electrons. The summed E-state index contributed by atoms with van der Waals surface area (Å²) in [4.78, 5) is 34.4. The van der Waals surface area contributed by atoms with E-state index in [1.807, 2.05) is 73.6 Å². The van der Waals surface area contributed by atoms with E-state index in [4.69, 9.17) is 25.8 Å². The highest BCUT2D eigenvalue weighted by Gasteiger charge is 2.33. The molecule has 8 nitrogen and oxygen atoms in total. The number of methoxy groups -OCH3 is 1. The van der Waals surface area contributed by atoms with Crippen LogP contribution in [0.1, 0.15) is 36.6 Å². The van der Waals surface area contributed by atoms with Gasteiger partial charge in [0.05, 0.1) is 40.0 Å².